The van der Waals surface area contributed by atoms with Crippen molar-refractivity contribution in [1.82, 2.24) is 5.32 Å². The summed E-state index contributed by atoms with van der Waals surface area (Å²) in [5, 5.41) is 6.92. The Morgan fingerprint density at radius 1 is 0.893 bits per heavy atom. The normalized spacial score (nSPS) is 10.7. The van der Waals surface area contributed by atoms with E-state index < -0.39 is 0 Å². The molecule has 1 N–H and O–H groups in total. The van der Waals surface area contributed by atoms with Gasteiger partial charge in [-0.25, -0.2) is 0 Å². The van der Waals surface area contributed by atoms with E-state index in [0.29, 0.717) is 17.2 Å². The van der Waals surface area contributed by atoms with E-state index in [2.05, 4.69) is 5.32 Å². The molecule has 0 radical (unpaired) electrons. The summed E-state index contributed by atoms with van der Waals surface area (Å²) in [7, 11) is 0. The van der Waals surface area contributed by atoms with Crippen LogP contribution in [0, 0.1) is 0 Å². The van der Waals surface area contributed by atoms with Gasteiger partial charge in [0, 0.05) is 4.88 Å². The van der Waals surface area contributed by atoms with Crippen LogP contribution in [0.3, 0.4) is 0 Å². The van der Waals surface area contributed by atoms with Crippen LogP contribution >= 0.6 is 22.7 Å². The highest BCUT2D eigenvalue weighted by atomic mass is 32.1. The molecule has 0 aliphatic heterocycles. The molecule has 1 amide bonds. The van der Waals surface area contributed by atoms with Crippen molar-refractivity contribution in [1.29, 1.82) is 0 Å². The molecule has 4 rings (SSSR count). The van der Waals surface area contributed by atoms with E-state index in [0.717, 1.165) is 20.5 Å². The molecule has 2 heterocycles. The Bertz CT molecular complexity index is 1120. The van der Waals surface area contributed by atoms with Gasteiger partial charge in [-0.2, -0.15) is 0 Å². The predicted molar refractivity (Wildman–Crippen MR) is 113 cm³/mol. The molecule has 0 spiro atoms. The number of amides is 1. The van der Waals surface area contributed by atoms with Crippen LogP contribution in [0.4, 0.5) is 0 Å². The van der Waals surface area contributed by atoms with Gasteiger partial charge in [0.2, 0.25) is 5.78 Å². The van der Waals surface area contributed by atoms with Gasteiger partial charge in [-0.05, 0) is 46.5 Å². The molecule has 2 aromatic heterocycles. The van der Waals surface area contributed by atoms with E-state index in [1.54, 1.807) is 6.07 Å². The first-order valence-corrected chi connectivity index (χ1v) is 10.4. The largest absolute Gasteiger partial charge is 0.484 e. The number of nitrogens with one attached hydrogen (secondary N) is 1. The average Bonchev–Trinajstić information content (AvgIpc) is 3.42. The molecule has 0 fully saturated rings. The molecule has 2 aromatic carbocycles. The minimum Gasteiger partial charge on any atom is -0.484 e. The maximum atomic E-state index is 12.3. The molecule has 4 aromatic rings. The number of thiophene rings is 2. The number of rotatable bonds is 7. The van der Waals surface area contributed by atoms with Crippen molar-refractivity contribution >= 4 is 45.1 Å². The van der Waals surface area contributed by atoms with Crippen LogP contribution in [0.5, 0.6) is 5.75 Å². The molecule has 0 bridgehead atoms. The van der Waals surface area contributed by atoms with Gasteiger partial charge in [0.15, 0.2) is 6.61 Å². The monoisotopic (exact) mass is 407 g/mol. The molecule has 0 unspecified atom stereocenters. The van der Waals surface area contributed by atoms with Gasteiger partial charge in [-0.15, -0.1) is 22.7 Å². The smallest absolute Gasteiger partial charge is 0.258 e. The van der Waals surface area contributed by atoms with E-state index in [4.69, 9.17) is 4.74 Å². The fraction of sp³-hybridized carbons (Fsp3) is 0.0909. The lowest BCUT2D eigenvalue weighted by Crippen LogP contribution is -2.28. The van der Waals surface area contributed by atoms with Crippen LogP contribution in [0.2, 0.25) is 0 Å². The number of ether oxygens (including phenoxy) is 1. The molecule has 4 nitrogen and oxygen atoms in total. The topological polar surface area (TPSA) is 55.4 Å². The Kier molecular flexibility index (Phi) is 5.50. The van der Waals surface area contributed by atoms with Gasteiger partial charge >= 0.3 is 0 Å². The maximum absolute atomic E-state index is 12.3. The van der Waals surface area contributed by atoms with Crippen molar-refractivity contribution in [3.05, 3.63) is 86.7 Å². The highest BCUT2D eigenvalue weighted by Gasteiger charge is 2.13. The van der Waals surface area contributed by atoms with Crippen LogP contribution in [-0.2, 0) is 11.3 Å². The van der Waals surface area contributed by atoms with Gasteiger partial charge in [0.25, 0.3) is 5.91 Å². The molecule has 0 aliphatic carbocycles. The first-order valence-electron chi connectivity index (χ1n) is 8.74. The Morgan fingerprint density at radius 3 is 2.57 bits per heavy atom. The van der Waals surface area contributed by atoms with Gasteiger partial charge in [0.05, 0.1) is 16.3 Å². The highest BCUT2D eigenvalue weighted by molar-refractivity contribution is 7.16. The van der Waals surface area contributed by atoms with Crippen molar-refractivity contribution in [3.63, 3.8) is 0 Å². The second-order valence-electron chi connectivity index (χ2n) is 6.15. The average molecular weight is 408 g/mol. The molecule has 140 valence electrons. The summed E-state index contributed by atoms with van der Waals surface area (Å²) in [5.74, 6) is 0.485. The Labute approximate surface area is 170 Å². The van der Waals surface area contributed by atoms with Gasteiger partial charge in [-0.1, -0.05) is 36.4 Å². The first-order chi connectivity index (χ1) is 13.7. The highest BCUT2D eigenvalue weighted by Crippen LogP contribution is 2.23. The first kappa shape index (κ1) is 18.4. The number of fused-ring (bicyclic) bond motifs is 1. The lowest BCUT2D eigenvalue weighted by atomic mass is 10.1. The van der Waals surface area contributed by atoms with E-state index >= 15 is 0 Å². The Morgan fingerprint density at radius 2 is 1.75 bits per heavy atom. The predicted octanol–water partition coefficient (Wildman–Crippen LogP) is 4.89. The number of benzene rings is 2. The van der Waals surface area contributed by atoms with Crippen LogP contribution in [0.25, 0.3) is 10.8 Å². The quantitative estimate of drug-likeness (QED) is 0.444. The summed E-state index contributed by atoms with van der Waals surface area (Å²) in [6.45, 7) is 0.326. The van der Waals surface area contributed by atoms with Crippen molar-refractivity contribution in [2.24, 2.45) is 0 Å². The zero-order valence-electron chi connectivity index (χ0n) is 14.9. The molecule has 0 saturated carbocycles. The summed E-state index contributed by atoms with van der Waals surface area (Å²) in [5.41, 5.74) is 0. The standard InChI is InChI=1S/C22H17NO3S2/c24-21(14-26-17-8-7-15-4-1-2-5-16(15)12-17)23-13-18-9-10-20(28-18)22(25)19-6-3-11-27-19/h1-12H,13-14H2,(H,23,24). The van der Waals surface area contributed by atoms with Crippen LogP contribution < -0.4 is 10.1 Å². The maximum Gasteiger partial charge on any atom is 0.258 e. The molecular formula is C22H17NO3S2. The second kappa shape index (κ2) is 8.37. The van der Waals surface area contributed by atoms with E-state index in [9.17, 15) is 9.59 Å². The fourth-order valence-corrected chi connectivity index (χ4v) is 4.41. The number of ketones is 1. The number of hydrogen-bond acceptors (Lipinski definition) is 5. The Hall–Kier alpha value is -2.96. The SMILES string of the molecule is O=C(COc1ccc2ccccc2c1)NCc1ccc(C(=O)c2cccs2)s1. The zero-order valence-corrected chi connectivity index (χ0v) is 16.5. The minimum absolute atomic E-state index is 0.0252. The minimum atomic E-state index is -0.201. The van der Waals surface area contributed by atoms with Crippen molar-refractivity contribution < 1.29 is 14.3 Å². The summed E-state index contributed by atoms with van der Waals surface area (Å²) in [6, 6.07) is 21.1. The molecule has 0 aliphatic rings. The van der Waals surface area contributed by atoms with Crippen molar-refractivity contribution in [2.75, 3.05) is 6.61 Å². The number of carbonyl (C=O) groups excluding carboxylic acids is 2. The van der Waals surface area contributed by atoms with Crippen LogP contribution in [-0.4, -0.2) is 18.3 Å². The molecule has 28 heavy (non-hydrogen) atoms. The summed E-state index contributed by atoms with van der Waals surface area (Å²) in [6.07, 6.45) is 0. The third kappa shape index (κ3) is 4.30. The number of hydrogen-bond donors (Lipinski definition) is 1. The lowest BCUT2D eigenvalue weighted by molar-refractivity contribution is -0.123. The van der Waals surface area contributed by atoms with Crippen molar-refractivity contribution in [2.45, 2.75) is 6.54 Å². The van der Waals surface area contributed by atoms with Gasteiger partial charge < -0.3 is 10.1 Å². The van der Waals surface area contributed by atoms with Crippen LogP contribution in [0.1, 0.15) is 19.4 Å². The van der Waals surface area contributed by atoms with Crippen molar-refractivity contribution in [3.8, 4) is 5.75 Å². The van der Waals surface area contributed by atoms with Gasteiger partial charge in [0.1, 0.15) is 5.75 Å². The summed E-state index contributed by atoms with van der Waals surface area (Å²) < 4.78 is 5.60. The van der Waals surface area contributed by atoms with E-state index in [-0.39, 0.29) is 18.3 Å². The lowest BCUT2D eigenvalue weighted by Gasteiger charge is -2.08. The summed E-state index contributed by atoms with van der Waals surface area (Å²) >= 11 is 2.83. The summed E-state index contributed by atoms with van der Waals surface area (Å²) in [4.78, 5) is 26.7. The van der Waals surface area contributed by atoms with Crippen LogP contribution in [0.15, 0.2) is 72.1 Å². The molecule has 0 saturated heterocycles. The second-order valence-corrected chi connectivity index (χ2v) is 8.26. The third-order valence-electron chi connectivity index (χ3n) is 4.18. The number of carbonyl (C=O) groups is 2. The fourth-order valence-electron chi connectivity index (χ4n) is 2.77. The van der Waals surface area contributed by atoms with E-state index in [1.165, 1.54) is 22.7 Å². The molecule has 0 atom stereocenters. The molecule has 6 heteroatoms. The van der Waals surface area contributed by atoms with Gasteiger partial charge in [-0.3, -0.25) is 9.59 Å². The Balaban J connectivity index is 1.29. The van der Waals surface area contributed by atoms with E-state index in [1.807, 2.05) is 66.0 Å². The zero-order chi connectivity index (χ0) is 19.3. The molecular weight excluding hydrogens is 390 g/mol. The third-order valence-corrected chi connectivity index (χ3v) is 6.13.